The van der Waals surface area contributed by atoms with Crippen LogP contribution in [0.5, 0.6) is 0 Å². The van der Waals surface area contributed by atoms with Gasteiger partial charge in [-0.25, -0.2) is 0 Å². The highest BCUT2D eigenvalue weighted by atomic mass is 17.1. The minimum absolute atomic E-state index is 0.365. The Morgan fingerprint density at radius 2 is 2.00 bits per heavy atom. The van der Waals surface area contributed by atoms with Gasteiger partial charge in [-0.3, -0.25) is 5.26 Å². The van der Waals surface area contributed by atoms with E-state index in [9.17, 15) is 0 Å². The van der Waals surface area contributed by atoms with Gasteiger partial charge in [0.1, 0.15) is 0 Å². The lowest BCUT2D eigenvalue weighted by Gasteiger charge is -1.94. The fraction of sp³-hybridized carbons (Fsp3) is 0.143. The van der Waals surface area contributed by atoms with Crippen LogP contribution < -0.4 is 0 Å². The van der Waals surface area contributed by atoms with Gasteiger partial charge in [-0.2, -0.15) is 0 Å². The van der Waals surface area contributed by atoms with Crippen molar-refractivity contribution in [2.24, 2.45) is 0 Å². The Balaban J connectivity index is 2.43. The zero-order valence-electron chi connectivity index (χ0n) is 5.66. The van der Waals surface area contributed by atoms with Gasteiger partial charge in [0.05, 0.1) is 0 Å². The van der Waals surface area contributed by atoms with Crippen molar-refractivity contribution >= 4 is 7.48 Å². The molecule has 2 nitrogen and oxygen atoms in total. The van der Waals surface area contributed by atoms with E-state index in [1.54, 1.807) is 0 Å². The van der Waals surface area contributed by atoms with Gasteiger partial charge in [0, 0.05) is 0 Å². The lowest BCUT2D eigenvalue weighted by atomic mass is 9.90. The number of hydrogen-bond donors (Lipinski definition) is 1. The molecule has 0 saturated carbocycles. The summed E-state index contributed by atoms with van der Waals surface area (Å²) in [7, 11) is 0.365. The largest absolute Gasteiger partial charge is 0.327 e. The number of hydrogen-bond acceptors (Lipinski definition) is 2. The van der Waals surface area contributed by atoms with Crippen LogP contribution in [0.3, 0.4) is 0 Å². The molecule has 0 radical (unpaired) electrons. The van der Waals surface area contributed by atoms with E-state index >= 15 is 0 Å². The van der Waals surface area contributed by atoms with Crippen LogP contribution in [-0.4, -0.2) is 12.7 Å². The van der Waals surface area contributed by atoms with Crippen LogP contribution in [-0.2, 0) is 11.1 Å². The summed E-state index contributed by atoms with van der Waals surface area (Å²) in [6, 6.07) is 9.89. The van der Waals surface area contributed by atoms with Crippen molar-refractivity contribution in [3.05, 3.63) is 35.9 Å². The second-order valence-corrected chi connectivity index (χ2v) is 2.07. The van der Waals surface area contributed by atoms with E-state index in [0.29, 0.717) is 7.48 Å². The molecule has 10 heavy (non-hydrogen) atoms. The van der Waals surface area contributed by atoms with Crippen molar-refractivity contribution in [1.29, 1.82) is 0 Å². The quantitative estimate of drug-likeness (QED) is 0.382. The molecule has 1 N–H and O–H groups in total. The zero-order valence-corrected chi connectivity index (χ0v) is 5.66. The van der Waals surface area contributed by atoms with E-state index in [1.165, 1.54) is 5.56 Å². The molecule has 1 rings (SSSR count). The van der Waals surface area contributed by atoms with E-state index in [4.69, 9.17) is 5.26 Å². The Hall–Kier alpha value is -0.795. The maximum atomic E-state index is 8.03. The molecule has 0 atom stereocenters. The summed E-state index contributed by atoms with van der Waals surface area (Å²) in [6.07, 6.45) is 0.761. The van der Waals surface area contributed by atoms with E-state index in [1.807, 2.05) is 30.3 Å². The first-order valence-corrected chi connectivity index (χ1v) is 3.24. The number of rotatable bonds is 3. The number of benzene rings is 1. The van der Waals surface area contributed by atoms with E-state index in [0.717, 1.165) is 6.32 Å². The smallest absolute Gasteiger partial charge is 0.312 e. The molecule has 1 aromatic rings. The zero-order chi connectivity index (χ0) is 7.23. The predicted molar refractivity (Wildman–Crippen MR) is 41.0 cm³/mol. The second-order valence-electron chi connectivity index (χ2n) is 2.07. The third-order valence-corrected chi connectivity index (χ3v) is 1.32. The van der Waals surface area contributed by atoms with Gasteiger partial charge in [0.25, 0.3) is 0 Å². The molecule has 0 bridgehead atoms. The first kappa shape index (κ1) is 7.31. The maximum absolute atomic E-state index is 8.03. The van der Waals surface area contributed by atoms with Crippen LogP contribution >= 0.6 is 0 Å². The van der Waals surface area contributed by atoms with Gasteiger partial charge in [-0.05, 0) is 6.32 Å². The molecule has 0 spiro atoms. The molecule has 1 aromatic carbocycles. The van der Waals surface area contributed by atoms with Gasteiger partial charge in [0.15, 0.2) is 0 Å². The van der Waals surface area contributed by atoms with E-state index in [2.05, 4.69) is 4.81 Å². The minimum atomic E-state index is 0.365. The van der Waals surface area contributed by atoms with Gasteiger partial charge < -0.3 is 4.81 Å². The molecule has 3 heteroatoms. The SMILES string of the molecule is OOBCc1ccccc1. The van der Waals surface area contributed by atoms with Crippen LogP contribution in [0.1, 0.15) is 5.56 Å². The van der Waals surface area contributed by atoms with Gasteiger partial charge in [0.2, 0.25) is 0 Å². The van der Waals surface area contributed by atoms with Crippen molar-refractivity contribution in [2.75, 3.05) is 0 Å². The van der Waals surface area contributed by atoms with Crippen LogP contribution in [0, 0.1) is 0 Å². The van der Waals surface area contributed by atoms with E-state index in [-0.39, 0.29) is 0 Å². The molecule has 52 valence electrons. The average Bonchev–Trinajstić information content (AvgIpc) is 2.03. The van der Waals surface area contributed by atoms with Crippen LogP contribution in [0.15, 0.2) is 30.3 Å². The molecule has 0 fully saturated rings. The highest BCUT2D eigenvalue weighted by Gasteiger charge is 1.92. The lowest BCUT2D eigenvalue weighted by Crippen LogP contribution is -1.98. The molecular weight excluding hydrogens is 127 g/mol. The van der Waals surface area contributed by atoms with Gasteiger partial charge >= 0.3 is 7.48 Å². The van der Waals surface area contributed by atoms with Gasteiger partial charge in [-0.1, -0.05) is 35.9 Å². The third kappa shape index (κ3) is 2.21. The summed E-state index contributed by atoms with van der Waals surface area (Å²) < 4.78 is 0. The summed E-state index contributed by atoms with van der Waals surface area (Å²) in [4.78, 5) is 3.95. The molecule has 0 saturated heterocycles. The van der Waals surface area contributed by atoms with Crippen LogP contribution in [0.25, 0.3) is 0 Å². The molecule has 0 heterocycles. The van der Waals surface area contributed by atoms with Crippen molar-refractivity contribution in [2.45, 2.75) is 6.32 Å². The first-order chi connectivity index (χ1) is 4.93. The Morgan fingerprint density at radius 1 is 1.30 bits per heavy atom. The second kappa shape index (κ2) is 4.09. The molecule has 0 aliphatic rings. The minimum Gasteiger partial charge on any atom is -0.312 e. The third-order valence-electron chi connectivity index (χ3n) is 1.32. The Kier molecular flexibility index (Phi) is 2.99. The summed E-state index contributed by atoms with van der Waals surface area (Å²) >= 11 is 0. The Morgan fingerprint density at radius 3 is 2.60 bits per heavy atom. The first-order valence-electron chi connectivity index (χ1n) is 3.24. The van der Waals surface area contributed by atoms with Gasteiger partial charge in [-0.15, -0.1) is 0 Å². The highest BCUT2D eigenvalue weighted by molar-refractivity contribution is 6.26. The topological polar surface area (TPSA) is 29.5 Å². The molecule has 0 aliphatic carbocycles. The monoisotopic (exact) mass is 136 g/mol. The normalized spacial score (nSPS) is 9.30. The highest BCUT2D eigenvalue weighted by Crippen LogP contribution is 1.97. The molecule has 0 aliphatic heterocycles. The van der Waals surface area contributed by atoms with Crippen molar-refractivity contribution in [1.82, 2.24) is 0 Å². The molecule has 0 amide bonds. The maximum Gasteiger partial charge on any atom is 0.327 e. The Labute approximate surface area is 60.7 Å². The predicted octanol–water partition coefficient (Wildman–Crippen LogP) is 1.03. The summed E-state index contributed by atoms with van der Waals surface area (Å²) in [5.74, 6) is 0. The Bertz CT molecular complexity index is 176. The molecule has 0 unspecified atom stereocenters. The lowest BCUT2D eigenvalue weighted by molar-refractivity contribution is -0.138. The summed E-state index contributed by atoms with van der Waals surface area (Å²) in [6.45, 7) is 0. The van der Waals surface area contributed by atoms with Crippen molar-refractivity contribution < 1.29 is 10.1 Å². The van der Waals surface area contributed by atoms with Crippen molar-refractivity contribution in [3.8, 4) is 0 Å². The molecular formula is C7H9BO2. The molecule has 0 aromatic heterocycles. The van der Waals surface area contributed by atoms with Crippen molar-refractivity contribution in [3.63, 3.8) is 0 Å². The van der Waals surface area contributed by atoms with E-state index < -0.39 is 0 Å². The standard InChI is InChI=1S/C7H9BO2/c9-10-8-6-7-4-2-1-3-5-7/h1-5,8-9H,6H2. The average molecular weight is 136 g/mol. The van der Waals surface area contributed by atoms with Crippen LogP contribution in [0.2, 0.25) is 0 Å². The summed E-state index contributed by atoms with van der Waals surface area (Å²) in [5, 5.41) is 8.03. The fourth-order valence-corrected chi connectivity index (χ4v) is 0.808. The summed E-state index contributed by atoms with van der Waals surface area (Å²) in [5.41, 5.74) is 1.18. The fourth-order valence-electron chi connectivity index (χ4n) is 0.808. The van der Waals surface area contributed by atoms with Crippen LogP contribution in [0.4, 0.5) is 0 Å².